The molecule has 0 heterocycles. The summed E-state index contributed by atoms with van der Waals surface area (Å²) in [5.74, 6) is 0.917. The van der Waals surface area contributed by atoms with Crippen LogP contribution in [-0.4, -0.2) is 5.75 Å². The largest absolute Gasteiger partial charge is 0.207 e. The Morgan fingerprint density at radius 3 is 2.50 bits per heavy atom. The average Bonchev–Trinajstić information content (AvgIpc) is 2.20. The number of rotatable bonds is 4. The second-order valence-corrected chi connectivity index (χ2v) is 4.38. The zero-order chi connectivity index (χ0) is 10.4. The highest BCUT2D eigenvalue weighted by Gasteiger charge is 1.98. The van der Waals surface area contributed by atoms with Crippen molar-refractivity contribution < 1.29 is 4.39 Å². The second kappa shape index (κ2) is 5.86. The number of benzene rings is 1. The van der Waals surface area contributed by atoms with Crippen molar-refractivity contribution in [3.63, 3.8) is 0 Å². The van der Waals surface area contributed by atoms with E-state index in [1.807, 2.05) is 30.8 Å². The smallest absolute Gasteiger partial charge is 0.123 e. The van der Waals surface area contributed by atoms with E-state index in [-0.39, 0.29) is 5.82 Å². The maximum Gasteiger partial charge on any atom is 0.123 e. The maximum absolute atomic E-state index is 12.6. The van der Waals surface area contributed by atoms with Crippen LogP contribution in [0.3, 0.4) is 0 Å². The summed E-state index contributed by atoms with van der Waals surface area (Å²) in [7, 11) is 0. The summed E-state index contributed by atoms with van der Waals surface area (Å²) < 4.78 is 12.6. The Hall–Kier alpha value is -0.760. The number of hydrogen-bond donors (Lipinski definition) is 0. The molecule has 0 aromatic heterocycles. The molecular weight excluding hydrogens is 195 g/mol. The van der Waals surface area contributed by atoms with Gasteiger partial charge in [-0.3, -0.25) is 0 Å². The normalized spacial score (nSPS) is 11.8. The van der Waals surface area contributed by atoms with E-state index in [1.54, 1.807) is 0 Å². The first-order chi connectivity index (χ1) is 6.76. The minimum Gasteiger partial charge on any atom is -0.207 e. The van der Waals surface area contributed by atoms with Crippen LogP contribution in [0, 0.1) is 5.82 Å². The van der Waals surface area contributed by atoms with Crippen LogP contribution in [-0.2, 0) is 6.42 Å². The molecule has 0 saturated carbocycles. The first kappa shape index (κ1) is 11.3. The summed E-state index contributed by atoms with van der Waals surface area (Å²) in [6.07, 6.45) is 3.03. The van der Waals surface area contributed by atoms with Gasteiger partial charge in [0, 0.05) is 6.42 Å². The molecule has 0 N–H and O–H groups in total. The van der Waals surface area contributed by atoms with Gasteiger partial charge in [-0.25, -0.2) is 4.39 Å². The highest BCUT2D eigenvalue weighted by atomic mass is 32.2. The van der Waals surface area contributed by atoms with Crippen molar-refractivity contribution in [2.75, 3.05) is 5.75 Å². The van der Waals surface area contributed by atoms with E-state index < -0.39 is 0 Å². The standard InChI is InChI=1S/C12H15FS/c1-3-12(14-4-2)9-10-5-7-11(13)8-6-10/h3,5-8H,4,9H2,1-2H3/b12-3-. The third-order valence-corrected chi connectivity index (χ3v) is 2.98. The van der Waals surface area contributed by atoms with Crippen LogP contribution >= 0.6 is 11.8 Å². The quantitative estimate of drug-likeness (QED) is 0.723. The zero-order valence-electron chi connectivity index (χ0n) is 8.59. The van der Waals surface area contributed by atoms with Gasteiger partial charge in [-0.2, -0.15) is 0 Å². The monoisotopic (exact) mass is 210 g/mol. The van der Waals surface area contributed by atoms with Gasteiger partial charge in [0.2, 0.25) is 0 Å². The molecule has 0 unspecified atom stereocenters. The Bertz CT molecular complexity index is 301. The van der Waals surface area contributed by atoms with Crippen LogP contribution in [0.4, 0.5) is 4.39 Å². The topological polar surface area (TPSA) is 0 Å². The van der Waals surface area contributed by atoms with Crippen molar-refractivity contribution in [3.05, 3.63) is 46.6 Å². The Labute approximate surface area is 89.2 Å². The minimum atomic E-state index is -0.168. The van der Waals surface area contributed by atoms with Crippen molar-refractivity contribution in [2.24, 2.45) is 0 Å². The molecule has 0 bridgehead atoms. The molecule has 1 rings (SSSR count). The third-order valence-electron chi connectivity index (χ3n) is 1.94. The molecule has 14 heavy (non-hydrogen) atoms. The van der Waals surface area contributed by atoms with Gasteiger partial charge in [-0.05, 0) is 35.3 Å². The summed E-state index contributed by atoms with van der Waals surface area (Å²) >= 11 is 1.84. The van der Waals surface area contributed by atoms with E-state index in [2.05, 4.69) is 13.0 Å². The Morgan fingerprint density at radius 2 is 2.00 bits per heavy atom. The molecule has 1 aromatic rings. The fraction of sp³-hybridized carbons (Fsp3) is 0.333. The van der Waals surface area contributed by atoms with E-state index in [1.165, 1.54) is 22.6 Å². The zero-order valence-corrected chi connectivity index (χ0v) is 9.40. The van der Waals surface area contributed by atoms with Gasteiger partial charge < -0.3 is 0 Å². The van der Waals surface area contributed by atoms with E-state index >= 15 is 0 Å². The minimum absolute atomic E-state index is 0.168. The molecule has 0 radical (unpaired) electrons. The first-order valence-electron chi connectivity index (χ1n) is 4.78. The molecule has 0 spiro atoms. The van der Waals surface area contributed by atoms with E-state index in [9.17, 15) is 4.39 Å². The van der Waals surface area contributed by atoms with Crippen LogP contribution in [0.25, 0.3) is 0 Å². The predicted molar refractivity (Wildman–Crippen MR) is 62.0 cm³/mol. The lowest BCUT2D eigenvalue weighted by atomic mass is 10.1. The average molecular weight is 210 g/mol. The van der Waals surface area contributed by atoms with Crippen molar-refractivity contribution in [1.29, 1.82) is 0 Å². The van der Waals surface area contributed by atoms with Crippen molar-refractivity contribution in [2.45, 2.75) is 20.3 Å². The summed E-state index contributed by atoms with van der Waals surface area (Å²) in [5.41, 5.74) is 1.17. The third kappa shape index (κ3) is 3.54. The van der Waals surface area contributed by atoms with Gasteiger partial charge in [-0.1, -0.05) is 25.1 Å². The van der Waals surface area contributed by atoms with Gasteiger partial charge in [-0.15, -0.1) is 11.8 Å². The maximum atomic E-state index is 12.6. The molecule has 2 heteroatoms. The fourth-order valence-electron chi connectivity index (χ4n) is 1.23. The summed E-state index contributed by atoms with van der Waals surface area (Å²) in [4.78, 5) is 1.35. The molecule has 1 aromatic carbocycles. The van der Waals surface area contributed by atoms with E-state index in [0.29, 0.717) is 0 Å². The van der Waals surface area contributed by atoms with Gasteiger partial charge in [0.05, 0.1) is 0 Å². The first-order valence-corrected chi connectivity index (χ1v) is 5.77. The molecule has 0 aliphatic carbocycles. The van der Waals surface area contributed by atoms with Crippen LogP contribution in [0.15, 0.2) is 35.2 Å². The molecule has 0 atom stereocenters. The number of allylic oxidation sites excluding steroid dienone is 2. The van der Waals surface area contributed by atoms with Gasteiger partial charge in [0.15, 0.2) is 0 Å². The molecular formula is C12H15FS. The van der Waals surface area contributed by atoms with Gasteiger partial charge in [0.25, 0.3) is 0 Å². The second-order valence-electron chi connectivity index (χ2n) is 2.99. The van der Waals surface area contributed by atoms with Gasteiger partial charge in [0.1, 0.15) is 5.82 Å². The lowest BCUT2D eigenvalue weighted by Crippen LogP contribution is -1.88. The lowest BCUT2D eigenvalue weighted by molar-refractivity contribution is 0.627. The SMILES string of the molecule is C/C=C(/Cc1ccc(F)cc1)SCC. The Kier molecular flexibility index (Phi) is 4.74. The molecule has 76 valence electrons. The molecule has 0 saturated heterocycles. The highest BCUT2D eigenvalue weighted by Crippen LogP contribution is 2.20. The number of halogens is 1. The number of thioether (sulfide) groups is 1. The fourth-order valence-corrected chi connectivity index (χ4v) is 2.03. The summed E-state index contributed by atoms with van der Waals surface area (Å²) in [6.45, 7) is 4.18. The van der Waals surface area contributed by atoms with Crippen LogP contribution < -0.4 is 0 Å². The molecule has 0 nitrogen and oxygen atoms in total. The van der Waals surface area contributed by atoms with Crippen LogP contribution in [0.5, 0.6) is 0 Å². The van der Waals surface area contributed by atoms with Gasteiger partial charge >= 0.3 is 0 Å². The summed E-state index contributed by atoms with van der Waals surface area (Å²) in [5, 5.41) is 0. The molecule has 0 fully saturated rings. The molecule has 0 aliphatic rings. The lowest BCUT2D eigenvalue weighted by Gasteiger charge is -2.04. The molecule has 0 aliphatic heterocycles. The Balaban J connectivity index is 2.63. The van der Waals surface area contributed by atoms with Crippen molar-refractivity contribution in [1.82, 2.24) is 0 Å². The summed E-state index contributed by atoms with van der Waals surface area (Å²) in [6, 6.07) is 6.71. The van der Waals surface area contributed by atoms with Crippen LogP contribution in [0.2, 0.25) is 0 Å². The predicted octanol–water partition coefficient (Wildman–Crippen LogP) is 4.03. The number of hydrogen-bond acceptors (Lipinski definition) is 1. The van der Waals surface area contributed by atoms with Crippen molar-refractivity contribution >= 4 is 11.8 Å². The van der Waals surface area contributed by atoms with Crippen molar-refractivity contribution in [3.8, 4) is 0 Å². The van der Waals surface area contributed by atoms with E-state index in [4.69, 9.17) is 0 Å². The molecule has 0 amide bonds. The van der Waals surface area contributed by atoms with Crippen LogP contribution in [0.1, 0.15) is 19.4 Å². The highest BCUT2D eigenvalue weighted by molar-refractivity contribution is 8.03. The van der Waals surface area contributed by atoms with E-state index in [0.717, 1.165) is 12.2 Å². The Morgan fingerprint density at radius 1 is 1.36 bits per heavy atom.